The lowest BCUT2D eigenvalue weighted by Gasteiger charge is -2.13. The zero-order valence-electron chi connectivity index (χ0n) is 12.3. The molecule has 1 heterocycles. The van der Waals surface area contributed by atoms with Gasteiger partial charge in [0, 0.05) is 40.2 Å². The van der Waals surface area contributed by atoms with Crippen LogP contribution in [-0.2, 0) is 0 Å². The average Bonchev–Trinajstić information content (AvgIpc) is 2.51. The Hall–Kier alpha value is -2.55. The number of benzene rings is 2. The monoisotopic (exact) mass is 277 g/mol. The summed E-state index contributed by atoms with van der Waals surface area (Å²) in [6.07, 6.45) is 3.60. The van der Waals surface area contributed by atoms with Crippen molar-refractivity contribution < 1.29 is 0 Å². The molecule has 0 saturated carbocycles. The summed E-state index contributed by atoms with van der Waals surface area (Å²) in [7, 11) is 0. The molecule has 3 heteroatoms. The van der Waals surface area contributed by atoms with Crippen molar-refractivity contribution in [1.29, 1.82) is 0 Å². The molecule has 21 heavy (non-hydrogen) atoms. The van der Waals surface area contributed by atoms with Crippen molar-refractivity contribution in [2.24, 2.45) is 0 Å². The molecule has 0 bridgehead atoms. The maximum absolute atomic E-state index is 6.01. The van der Waals surface area contributed by atoms with Crippen molar-refractivity contribution in [1.82, 2.24) is 4.98 Å². The number of hydrogen-bond donors (Lipinski definition) is 2. The zero-order chi connectivity index (χ0) is 14.8. The molecule has 0 unspecified atom stereocenters. The van der Waals surface area contributed by atoms with E-state index in [2.05, 4.69) is 48.4 Å². The van der Waals surface area contributed by atoms with E-state index in [1.165, 1.54) is 5.56 Å². The molecule has 0 aliphatic carbocycles. The molecule has 0 saturated heterocycles. The third-order valence-corrected chi connectivity index (χ3v) is 3.68. The SMILES string of the molecule is CC(C)c1cccc(Nc2ccc(N)c3cnccc23)c1. The van der Waals surface area contributed by atoms with E-state index in [1.807, 2.05) is 18.2 Å². The van der Waals surface area contributed by atoms with Gasteiger partial charge in [-0.2, -0.15) is 0 Å². The number of nitrogens with two attached hydrogens (primary N) is 1. The second-order valence-corrected chi connectivity index (χ2v) is 5.53. The van der Waals surface area contributed by atoms with E-state index in [0.717, 1.165) is 27.8 Å². The maximum Gasteiger partial charge on any atom is 0.0466 e. The van der Waals surface area contributed by atoms with Gasteiger partial charge >= 0.3 is 0 Å². The summed E-state index contributed by atoms with van der Waals surface area (Å²) in [5.41, 5.74) is 10.2. The van der Waals surface area contributed by atoms with Gasteiger partial charge in [0.2, 0.25) is 0 Å². The summed E-state index contributed by atoms with van der Waals surface area (Å²) < 4.78 is 0. The summed E-state index contributed by atoms with van der Waals surface area (Å²) in [6, 6.07) is 14.4. The van der Waals surface area contributed by atoms with Crippen LogP contribution >= 0.6 is 0 Å². The largest absolute Gasteiger partial charge is 0.398 e. The van der Waals surface area contributed by atoms with E-state index in [1.54, 1.807) is 12.4 Å². The number of hydrogen-bond acceptors (Lipinski definition) is 3. The van der Waals surface area contributed by atoms with E-state index in [-0.39, 0.29) is 0 Å². The van der Waals surface area contributed by atoms with Crippen molar-refractivity contribution in [2.75, 3.05) is 11.1 Å². The van der Waals surface area contributed by atoms with E-state index in [0.29, 0.717) is 5.92 Å². The molecule has 2 aromatic carbocycles. The van der Waals surface area contributed by atoms with Gasteiger partial charge in [-0.3, -0.25) is 4.98 Å². The molecular weight excluding hydrogens is 258 g/mol. The number of aromatic nitrogens is 1. The van der Waals surface area contributed by atoms with Crippen molar-refractivity contribution in [3.63, 3.8) is 0 Å². The molecule has 0 amide bonds. The predicted octanol–water partition coefficient (Wildman–Crippen LogP) is 4.68. The lowest BCUT2D eigenvalue weighted by molar-refractivity contribution is 0.867. The second-order valence-electron chi connectivity index (χ2n) is 5.53. The maximum atomic E-state index is 6.01. The first kappa shape index (κ1) is 13.4. The summed E-state index contributed by atoms with van der Waals surface area (Å²) >= 11 is 0. The minimum absolute atomic E-state index is 0.513. The highest BCUT2D eigenvalue weighted by molar-refractivity contribution is 6.01. The number of fused-ring (bicyclic) bond motifs is 1. The molecule has 0 atom stereocenters. The first-order valence-electron chi connectivity index (χ1n) is 7.14. The molecule has 3 nitrogen and oxygen atoms in total. The van der Waals surface area contributed by atoms with Gasteiger partial charge < -0.3 is 11.1 Å². The Morgan fingerprint density at radius 3 is 2.71 bits per heavy atom. The van der Waals surface area contributed by atoms with Gasteiger partial charge in [0.25, 0.3) is 0 Å². The van der Waals surface area contributed by atoms with Gasteiger partial charge in [-0.1, -0.05) is 26.0 Å². The van der Waals surface area contributed by atoms with Gasteiger partial charge in [-0.25, -0.2) is 0 Å². The molecule has 0 aliphatic rings. The highest BCUT2D eigenvalue weighted by atomic mass is 14.9. The lowest BCUT2D eigenvalue weighted by Crippen LogP contribution is -1.96. The van der Waals surface area contributed by atoms with Crippen LogP contribution in [0.2, 0.25) is 0 Å². The van der Waals surface area contributed by atoms with Gasteiger partial charge in [-0.15, -0.1) is 0 Å². The number of anilines is 3. The number of rotatable bonds is 3. The summed E-state index contributed by atoms with van der Waals surface area (Å²) in [4.78, 5) is 4.15. The molecule has 1 aromatic heterocycles. The van der Waals surface area contributed by atoms with Crippen molar-refractivity contribution in [3.8, 4) is 0 Å². The van der Waals surface area contributed by atoms with E-state index < -0.39 is 0 Å². The van der Waals surface area contributed by atoms with Crippen LogP contribution in [0.25, 0.3) is 10.8 Å². The van der Waals surface area contributed by atoms with Gasteiger partial charge in [0.15, 0.2) is 0 Å². The summed E-state index contributed by atoms with van der Waals surface area (Å²) in [5.74, 6) is 0.513. The highest BCUT2D eigenvalue weighted by Crippen LogP contribution is 2.30. The Balaban J connectivity index is 2.02. The van der Waals surface area contributed by atoms with Crippen molar-refractivity contribution in [3.05, 3.63) is 60.4 Å². The van der Waals surface area contributed by atoms with Crippen molar-refractivity contribution >= 4 is 27.8 Å². The molecule has 0 fully saturated rings. The lowest BCUT2D eigenvalue weighted by atomic mass is 10.0. The van der Waals surface area contributed by atoms with Gasteiger partial charge in [-0.05, 0) is 41.8 Å². The summed E-state index contributed by atoms with van der Waals surface area (Å²) in [5, 5.41) is 5.54. The Bertz CT molecular complexity index is 778. The molecule has 0 aliphatic heterocycles. The van der Waals surface area contributed by atoms with E-state index in [9.17, 15) is 0 Å². The Kier molecular flexibility index (Phi) is 3.48. The Morgan fingerprint density at radius 1 is 1.05 bits per heavy atom. The number of nitrogen functional groups attached to an aromatic ring is 1. The molecule has 3 rings (SSSR count). The van der Waals surface area contributed by atoms with Gasteiger partial charge in [0.05, 0.1) is 0 Å². The number of pyridine rings is 1. The third-order valence-electron chi connectivity index (χ3n) is 3.68. The number of nitrogens with zero attached hydrogens (tertiary/aromatic N) is 1. The third kappa shape index (κ3) is 2.68. The van der Waals surface area contributed by atoms with Crippen LogP contribution in [0.4, 0.5) is 17.1 Å². The smallest absolute Gasteiger partial charge is 0.0466 e. The van der Waals surface area contributed by atoms with E-state index >= 15 is 0 Å². The first-order valence-corrected chi connectivity index (χ1v) is 7.14. The highest BCUT2D eigenvalue weighted by Gasteiger charge is 2.05. The van der Waals surface area contributed by atoms with Crippen LogP contribution in [-0.4, -0.2) is 4.98 Å². The van der Waals surface area contributed by atoms with Crippen LogP contribution in [0, 0.1) is 0 Å². The van der Waals surface area contributed by atoms with Crippen molar-refractivity contribution in [2.45, 2.75) is 19.8 Å². The van der Waals surface area contributed by atoms with Gasteiger partial charge in [0.1, 0.15) is 0 Å². The van der Waals surface area contributed by atoms with Crippen LogP contribution in [0.5, 0.6) is 0 Å². The topological polar surface area (TPSA) is 50.9 Å². The fourth-order valence-corrected chi connectivity index (χ4v) is 2.45. The van der Waals surface area contributed by atoms with E-state index in [4.69, 9.17) is 5.73 Å². The zero-order valence-corrected chi connectivity index (χ0v) is 12.3. The molecule has 0 spiro atoms. The predicted molar refractivity (Wildman–Crippen MR) is 90.0 cm³/mol. The molecule has 106 valence electrons. The fourth-order valence-electron chi connectivity index (χ4n) is 2.45. The minimum Gasteiger partial charge on any atom is -0.398 e. The average molecular weight is 277 g/mol. The van der Waals surface area contributed by atoms with Crippen LogP contribution in [0.1, 0.15) is 25.3 Å². The number of nitrogens with one attached hydrogen (secondary N) is 1. The van der Waals surface area contributed by atoms with Crippen LogP contribution < -0.4 is 11.1 Å². The molecule has 0 radical (unpaired) electrons. The fraction of sp³-hybridized carbons (Fsp3) is 0.167. The standard InChI is InChI=1S/C18H19N3/c1-12(2)13-4-3-5-14(10-13)21-18-7-6-17(19)16-11-20-9-8-15(16)18/h3-12,21H,19H2,1-2H3. The second kappa shape index (κ2) is 5.44. The molecule has 3 N–H and O–H groups in total. The minimum atomic E-state index is 0.513. The Morgan fingerprint density at radius 2 is 1.90 bits per heavy atom. The Labute approximate surface area is 124 Å². The molecular formula is C18H19N3. The molecule has 3 aromatic rings. The quantitative estimate of drug-likeness (QED) is 0.683. The first-order chi connectivity index (χ1) is 10.1. The van der Waals surface area contributed by atoms with Crippen LogP contribution in [0.15, 0.2) is 54.9 Å². The van der Waals surface area contributed by atoms with Crippen LogP contribution in [0.3, 0.4) is 0 Å². The normalized spacial score (nSPS) is 11.0. The summed E-state index contributed by atoms with van der Waals surface area (Å²) in [6.45, 7) is 4.40.